The largest absolute Gasteiger partial charge is 0.481 e. The number of imide groups is 1. The van der Waals surface area contributed by atoms with E-state index in [2.05, 4.69) is 26.0 Å². The molecule has 0 saturated carbocycles. The van der Waals surface area contributed by atoms with Crippen LogP contribution < -0.4 is 15.4 Å². The number of carbonyl (C=O) groups excluding carboxylic acids is 3. The lowest BCUT2D eigenvalue weighted by molar-refractivity contribution is -0.150. The summed E-state index contributed by atoms with van der Waals surface area (Å²) in [6.45, 7) is 1.23. The Kier molecular flexibility index (Phi) is 8.03. The van der Waals surface area contributed by atoms with E-state index in [0.29, 0.717) is 11.0 Å². The average molecular weight is 391 g/mol. The van der Waals surface area contributed by atoms with Gasteiger partial charge in [0.15, 0.2) is 13.2 Å². The molecule has 0 aliphatic carbocycles. The number of ether oxygens (including phenoxy) is 2. The average Bonchev–Trinajstić information content (AvgIpc) is 2.50. The maximum Gasteiger partial charge on any atom is 0.344 e. The van der Waals surface area contributed by atoms with Crippen molar-refractivity contribution in [2.45, 2.75) is 13.3 Å². The Labute approximate surface area is 140 Å². The number of halogens is 2. The van der Waals surface area contributed by atoms with Crippen LogP contribution in [0.1, 0.15) is 13.3 Å². The van der Waals surface area contributed by atoms with E-state index in [0.717, 1.165) is 6.42 Å². The second kappa shape index (κ2) is 9.78. The molecule has 0 aliphatic heterocycles. The lowest BCUT2D eigenvalue weighted by Gasteiger charge is -2.09. The fourth-order valence-corrected chi connectivity index (χ4v) is 1.83. The molecule has 0 unspecified atom stereocenters. The van der Waals surface area contributed by atoms with Gasteiger partial charge in [0, 0.05) is 6.54 Å². The lowest BCUT2D eigenvalue weighted by Crippen LogP contribution is -2.41. The molecule has 0 bridgehead atoms. The third-order valence-electron chi connectivity index (χ3n) is 2.39. The van der Waals surface area contributed by atoms with E-state index in [1.165, 1.54) is 18.2 Å². The van der Waals surface area contributed by atoms with Crippen molar-refractivity contribution < 1.29 is 28.2 Å². The van der Waals surface area contributed by atoms with Gasteiger partial charge in [0.2, 0.25) is 0 Å². The summed E-state index contributed by atoms with van der Waals surface area (Å²) in [7, 11) is 0. The number of rotatable bonds is 7. The fourth-order valence-electron chi connectivity index (χ4n) is 1.36. The van der Waals surface area contributed by atoms with Crippen molar-refractivity contribution in [1.82, 2.24) is 10.6 Å². The van der Waals surface area contributed by atoms with Gasteiger partial charge in [-0.2, -0.15) is 0 Å². The second-order valence-corrected chi connectivity index (χ2v) is 5.18. The van der Waals surface area contributed by atoms with Gasteiger partial charge in [0.1, 0.15) is 11.6 Å². The predicted molar refractivity (Wildman–Crippen MR) is 82.4 cm³/mol. The van der Waals surface area contributed by atoms with Gasteiger partial charge >= 0.3 is 12.0 Å². The first-order valence-corrected chi connectivity index (χ1v) is 7.52. The smallest absolute Gasteiger partial charge is 0.344 e. The molecular weight excluding hydrogens is 375 g/mol. The van der Waals surface area contributed by atoms with E-state index in [1.807, 2.05) is 12.2 Å². The van der Waals surface area contributed by atoms with Gasteiger partial charge in [-0.1, -0.05) is 6.92 Å². The SMILES string of the molecule is CCCNC(=O)NC(=O)COC(=O)COc1ccc(F)cc1Br. The minimum Gasteiger partial charge on any atom is -0.481 e. The van der Waals surface area contributed by atoms with Crippen LogP contribution in [0.2, 0.25) is 0 Å². The molecule has 0 aromatic heterocycles. The van der Waals surface area contributed by atoms with Crippen LogP contribution in [0, 0.1) is 5.82 Å². The second-order valence-electron chi connectivity index (χ2n) is 4.33. The molecule has 126 valence electrons. The highest BCUT2D eigenvalue weighted by atomic mass is 79.9. The molecular formula is C14H16BrFN2O5. The molecule has 0 atom stereocenters. The van der Waals surface area contributed by atoms with Crippen LogP contribution in [-0.2, 0) is 14.3 Å². The van der Waals surface area contributed by atoms with Crippen molar-refractivity contribution in [3.8, 4) is 5.75 Å². The zero-order valence-electron chi connectivity index (χ0n) is 12.4. The number of hydrogen-bond acceptors (Lipinski definition) is 5. The van der Waals surface area contributed by atoms with Gasteiger partial charge in [0.05, 0.1) is 4.47 Å². The lowest BCUT2D eigenvalue weighted by atomic mass is 10.3. The molecule has 0 radical (unpaired) electrons. The topological polar surface area (TPSA) is 93.7 Å². The Hall–Kier alpha value is -2.16. The van der Waals surface area contributed by atoms with Crippen LogP contribution in [0.5, 0.6) is 5.75 Å². The number of hydrogen-bond donors (Lipinski definition) is 2. The number of carbonyl (C=O) groups is 3. The molecule has 0 saturated heterocycles. The normalized spacial score (nSPS) is 9.87. The van der Waals surface area contributed by atoms with Crippen LogP contribution in [0.3, 0.4) is 0 Å². The summed E-state index contributed by atoms with van der Waals surface area (Å²) in [4.78, 5) is 34.0. The van der Waals surface area contributed by atoms with E-state index in [-0.39, 0.29) is 5.75 Å². The molecule has 23 heavy (non-hydrogen) atoms. The Morgan fingerprint density at radius 2 is 2.00 bits per heavy atom. The van der Waals surface area contributed by atoms with Gasteiger partial charge in [-0.25, -0.2) is 14.0 Å². The minimum atomic E-state index is -0.801. The summed E-state index contributed by atoms with van der Waals surface area (Å²) in [5.41, 5.74) is 0. The van der Waals surface area contributed by atoms with E-state index in [1.54, 1.807) is 0 Å². The van der Waals surface area contributed by atoms with Crippen molar-refractivity contribution in [3.05, 3.63) is 28.5 Å². The highest BCUT2D eigenvalue weighted by Gasteiger charge is 2.12. The van der Waals surface area contributed by atoms with Gasteiger partial charge < -0.3 is 14.8 Å². The summed E-state index contributed by atoms with van der Waals surface area (Å²) in [5.74, 6) is -1.75. The molecule has 1 rings (SSSR count). The Morgan fingerprint density at radius 3 is 2.65 bits per heavy atom. The molecule has 0 fully saturated rings. The molecule has 0 heterocycles. The number of urea groups is 1. The van der Waals surface area contributed by atoms with Crippen molar-refractivity contribution in [2.75, 3.05) is 19.8 Å². The Bertz CT molecular complexity index is 582. The predicted octanol–water partition coefficient (Wildman–Crippen LogP) is 1.75. The van der Waals surface area contributed by atoms with Crippen LogP contribution in [0.15, 0.2) is 22.7 Å². The molecule has 3 amide bonds. The summed E-state index contributed by atoms with van der Waals surface area (Å²) in [6, 6.07) is 3.05. The highest BCUT2D eigenvalue weighted by molar-refractivity contribution is 9.10. The highest BCUT2D eigenvalue weighted by Crippen LogP contribution is 2.25. The molecule has 1 aromatic rings. The van der Waals surface area contributed by atoms with Gasteiger partial charge in [0.25, 0.3) is 5.91 Å². The van der Waals surface area contributed by atoms with Crippen molar-refractivity contribution >= 4 is 33.8 Å². The summed E-state index contributed by atoms with van der Waals surface area (Å²) in [6.07, 6.45) is 0.729. The van der Waals surface area contributed by atoms with Gasteiger partial charge in [-0.3, -0.25) is 10.1 Å². The summed E-state index contributed by atoms with van der Waals surface area (Å²) >= 11 is 3.08. The molecule has 9 heteroatoms. The molecule has 0 spiro atoms. The quantitative estimate of drug-likeness (QED) is 0.691. The Balaban J connectivity index is 2.28. The first kappa shape index (κ1) is 18.9. The van der Waals surface area contributed by atoms with Gasteiger partial charge in [-0.15, -0.1) is 0 Å². The third kappa shape index (κ3) is 7.59. The number of nitrogens with one attached hydrogen (secondary N) is 2. The van der Waals surface area contributed by atoms with Crippen molar-refractivity contribution in [2.24, 2.45) is 0 Å². The first-order chi connectivity index (χ1) is 10.9. The van der Waals surface area contributed by atoms with Crippen LogP contribution in [0.25, 0.3) is 0 Å². The zero-order chi connectivity index (χ0) is 17.2. The van der Waals surface area contributed by atoms with E-state index in [9.17, 15) is 18.8 Å². The summed E-state index contributed by atoms with van der Waals surface area (Å²) in [5, 5.41) is 4.44. The molecule has 1 aromatic carbocycles. The third-order valence-corrected chi connectivity index (χ3v) is 3.01. The van der Waals surface area contributed by atoms with E-state index < -0.39 is 36.9 Å². The molecule has 0 aliphatic rings. The zero-order valence-corrected chi connectivity index (χ0v) is 13.9. The van der Waals surface area contributed by atoms with Crippen LogP contribution in [-0.4, -0.2) is 37.7 Å². The number of amides is 3. The van der Waals surface area contributed by atoms with Crippen LogP contribution in [0.4, 0.5) is 9.18 Å². The van der Waals surface area contributed by atoms with E-state index in [4.69, 9.17) is 4.74 Å². The number of benzene rings is 1. The standard InChI is InChI=1S/C14H16BrFN2O5/c1-2-5-17-14(21)18-12(19)7-23-13(20)8-22-11-4-3-9(16)6-10(11)15/h3-4,6H,2,5,7-8H2,1H3,(H2,17,18,19,21). The van der Waals surface area contributed by atoms with E-state index >= 15 is 0 Å². The number of esters is 1. The minimum absolute atomic E-state index is 0.256. The maximum atomic E-state index is 12.9. The van der Waals surface area contributed by atoms with Gasteiger partial charge in [-0.05, 0) is 40.5 Å². The molecule has 7 nitrogen and oxygen atoms in total. The molecule has 2 N–H and O–H groups in total. The maximum absolute atomic E-state index is 12.9. The van der Waals surface area contributed by atoms with Crippen molar-refractivity contribution in [3.63, 3.8) is 0 Å². The fraction of sp³-hybridized carbons (Fsp3) is 0.357. The summed E-state index contributed by atoms with van der Waals surface area (Å²) < 4.78 is 23.0. The van der Waals surface area contributed by atoms with Crippen LogP contribution >= 0.6 is 15.9 Å². The Morgan fingerprint density at radius 1 is 1.26 bits per heavy atom. The van der Waals surface area contributed by atoms with Crippen molar-refractivity contribution in [1.29, 1.82) is 0 Å². The first-order valence-electron chi connectivity index (χ1n) is 6.73. The monoisotopic (exact) mass is 390 g/mol.